The third-order valence-corrected chi connectivity index (χ3v) is 4.76. The van der Waals surface area contributed by atoms with Gasteiger partial charge in [-0.3, -0.25) is 4.79 Å². The van der Waals surface area contributed by atoms with E-state index in [9.17, 15) is 4.79 Å². The second-order valence-electron chi connectivity index (χ2n) is 6.75. The van der Waals surface area contributed by atoms with E-state index >= 15 is 0 Å². The molecule has 6 heteroatoms. The minimum absolute atomic E-state index is 0.0287. The lowest BCUT2D eigenvalue weighted by atomic mass is 10.1. The number of benzene rings is 2. The van der Waals surface area contributed by atoms with Crippen molar-refractivity contribution in [3.8, 4) is 11.5 Å². The SMILES string of the molecule is COc1ccc(CCC(=O)NCCc2nccn2Cc2ccccc2)cc1OC. The fourth-order valence-electron chi connectivity index (χ4n) is 3.19. The minimum Gasteiger partial charge on any atom is -0.493 e. The third kappa shape index (κ3) is 5.85. The Labute approximate surface area is 171 Å². The molecule has 0 spiro atoms. The molecule has 0 bridgehead atoms. The number of amides is 1. The van der Waals surface area contributed by atoms with Crippen LogP contribution in [0.15, 0.2) is 60.9 Å². The molecule has 0 atom stereocenters. The van der Waals surface area contributed by atoms with E-state index in [4.69, 9.17) is 9.47 Å². The maximum atomic E-state index is 12.2. The predicted octanol–water partition coefficient (Wildman–Crippen LogP) is 3.24. The van der Waals surface area contributed by atoms with Gasteiger partial charge in [0.2, 0.25) is 5.91 Å². The van der Waals surface area contributed by atoms with Crippen molar-refractivity contribution < 1.29 is 14.3 Å². The maximum absolute atomic E-state index is 12.2. The van der Waals surface area contributed by atoms with Gasteiger partial charge in [-0.05, 0) is 29.7 Å². The molecule has 0 aliphatic carbocycles. The van der Waals surface area contributed by atoms with Gasteiger partial charge in [0.05, 0.1) is 14.2 Å². The second kappa shape index (κ2) is 10.3. The first-order valence-electron chi connectivity index (χ1n) is 9.71. The number of nitrogens with one attached hydrogen (secondary N) is 1. The van der Waals surface area contributed by atoms with E-state index in [2.05, 4.69) is 27.0 Å². The Morgan fingerprint density at radius 3 is 2.55 bits per heavy atom. The van der Waals surface area contributed by atoms with Crippen LogP contribution in [0, 0.1) is 0 Å². The highest BCUT2D eigenvalue weighted by Crippen LogP contribution is 2.27. The van der Waals surface area contributed by atoms with Crippen LogP contribution < -0.4 is 14.8 Å². The van der Waals surface area contributed by atoms with Gasteiger partial charge in [-0.15, -0.1) is 0 Å². The smallest absolute Gasteiger partial charge is 0.220 e. The highest BCUT2D eigenvalue weighted by atomic mass is 16.5. The molecule has 0 fully saturated rings. The molecule has 0 saturated carbocycles. The summed E-state index contributed by atoms with van der Waals surface area (Å²) >= 11 is 0. The summed E-state index contributed by atoms with van der Waals surface area (Å²) in [4.78, 5) is 16.6. The summed E-state index contributed by atoms with van der Waals surface area (Å²) in [7, 11) is 3.21. The van der Waals surface area contributed by atoms with Gasteiger partial charge in [0.1, 0.15) is 5.82 Å². The third-order valence-electron chi connectivity index (χ3n) is 4.76. The number of ether oxygens (including phenoxy) is 2. The van der Waals surface area contributed by atoms with E-state index in [1.165, 1.54) is 5.56 Å². The molecule has 1 N–H and O–H groups in total. The number of rotatable bonds is 10. The van der Waals surface area contributed by atoms with E-state index in [-0.39, 0.29) is 5.91 Å². The molecule has 2 aromatic carbocycles. The van der Waals surface area contributed by atoms with Crippen LogP contribution in [0.2, 0.25) is 0 Å². The van der Waals surface area contributed by atoms with Crippen LogP contribution in [0.3, 0.4) is 0 Å². The van der Waals surface area contributed by atoms with Crippen LogP contribution in [0.5, 0.6) is 11.5 Å². The average Bonchev–Trinajstić information content (AvgIpc) is 3.19. The zero-order chi connectivity index (χ0) is 20.5. The number of hydrogen-bond acceptors (Lipinski definition) is 4. The number of methoxy groups -OCH3 is 2. The Hall–Kier alpha value is -3.28. The number of carbonyl (C=O) groups excluding carboxylic acids is 1. The fraction of sp³-hybridized carbons (Fsp3) is 0.304. The summed E-state index contributed by atoms with van der Waals surface area (Å²) in [6.07, 6.45) is 5.54. The first-order chi connectivity index (χ1) is 14.2. The molecular formula is C23H27N3O3. The van der Waals surface area contributed by atoms with Crippen molar-refractivity contribution in [2.24, 2.45) is 0 Å². The molecule has 0 unspecified atom stereocenters. The molecule has 6 nitrogen and oxygen atoms in total. The highest BCUT2D eigenvalue weighted by Gasteiger charge is 2.08. The molecule has 1 heterocycles. The van der Waals surface area contributed by atoms with Gasteiger partial charge in [-0.1, -0.05) is 36.4 Å². The van der Waals surface area contributed by atoms with Crippen LogP contribution in [-0.4, -0.2) is 36.2 Å². The van der Waals surface area contributed by atoms with Gasteiger partial charge >= 0.3 is 0 Å². The Morgan fingerprint density at radius 1 is 1.00 bits per heavy atom. The lowest BCUT2D eigenvalue weighted by Crippen LogP contribution is -2.26. The monoisotopic (exact) mass is 393 g/mol. The van der Waals surface area contributed by atoms with Crippen molar-refractivity contribution >= 4 is 5.91 Å². The molecule has 152 valence electrons. The second-order valence-corrected chi connectivity index (χ2v) is 6.75. The molecule has 3 aromatic rings. The quantitative estimate of drug-likeness (QED) is 0.574. The van der Waals surface area contributed by atoms with Gasteiger partial charge in [0, 0.05) is 38.3 Å². The number of nitrogens with zero attached hydrogens (tertiary/aromatic N) is 2. The minimum atomic E-state index is 0.0287. The van der Waals surface area contributed by atoms with Crippen molar-refractivity contribution in [2.75, 3.05) is 20.8 Å². The van der Waals surface area contributed by atoms with Gasteiger partial charge in [-0.25, -0.2) is 4.98 Å². The van der Waals surface area contributed by atoms with E-state index in [0.717, 1.165) is 17.9 Å². The van der Waals surface area contributed by atoms with Crippen LogP contribution in [0.4, 0.5) is 0 Å². The Balaban J connectivity index is 1.44. The standard InChI is InChI=1S/C23H27N3O3/c1-28-20-10-8-18(16-21(20)29-2)9-11-23(27)25-13-12-22-24-14-15-26(22)17-19-6-4-3-5-7-19/h3-8,10,14-16H,9,11-13,17H2,1-2H3,(H,25,27). The number of aromatic nitrogens is 2. The Morgan fingerprint density at radius 2 is 1.79 bits per heavy atom. The van der Waals surface area contributed by atoms with Crippen LogP contribution in [-0.2, 0) is 24.2 Å². The summed E-state index contributed by atoms with van der Waals surface area (Å²) in [6.45, 7) is 1.35. The zero-order valence-corrected chi connectivity index (χ0v) is 16.9. The summed E-state index contributed by atoms with van der Waals surface area (Å²) in [6, 6.07) is 16.0. The first kappa shape index (κ1) is 20.5. The molecule has 1 aromatic heterocycles. The molecule has 3 rings (SSSR count). The van der Waals surface area contributed by atoms with Crippen LogP contribution >= 0.6 is 0 Å². The number of carbonyl (C=O) groups is 1. The summed E-state index contributed by atoms with van der Waals surface area (Å²) in [5.41, 5.74) is 2.27. The van der Waals surface area contributed by atoms with E-state index in [1.54, 1.807) is 20.4 Å². The van der Waals surface area contributed by atoms with E-state index in [1.807, 2.05) is 42.6 Å². The topological polar surface area (TPSA) is 65.4 Å². The van der Waals surface area contributed by atoms with Crippen molar-refractivity contribution in [1.82, 2.24) is 14.9 Å². The van der Waals surface area contributed by atoms with Crippen molar-refractivity contribution in [1.29, 1.82) is 0 Å². The highest BCUT2D eigenvalue weighted by molar-refractivity contribution is 5.76. The Kier molecular flexibility index (Phi) is 7.28. The molecule has 0 aliphatic rings. The lowest BCUT2D eigenvalue weighted by molar-refractivity contribution is -0.121. The van der Waals surface area contributed by atoms with Crippen LogP contribution in [0.1, 0.15) is 23.4 Å². The largest absolute Gasteiger partial charge is 0.493 e. The summed E-state index contributed by atoms with van der Waals surface area (Å²) < 4.78 is 12.7. The maximum Gasteiger partial charge on any atom is 0.220 e. The van der Waals surface area contributed by atoms with E-state index in [0.29, 0.717) is 37.3 Å². The zero-order valence-electron chi connectivity index (χ0n) is 16.9. The van der Waals surface area contributed by atoms with E-state index < -0.39 is 0 Å². The van der Waals surface area contributed by atoms with Gasteiger partial charge < -0.3 is 19.4 Å². The molecule has 0 saturated heterocycles. The molecule has 29 heavy (non-hydrogen) atoms. The Bertz CT molecular complexity index is 922. The van der Waals surface area contributed by atoms with Gasteiger partial charge in [0.15, 0.2) is 11.5 Å². The van der Waals surface area contributed by atoms with Gasteiger partial charge in [0.25, 0.3) is 0 Å². The molecular weight excluding hydrogens is 366 g/mol. The molecule has 1 amide bonds. The lowest BCUT2D eigenvalue weighted by Gasteiger charge is -2.10. The first-order valence-corrected chi connectivity index (χ1v) is 9.71. The molecule has 0 aliphatic heterocycles. The number of aryl methyl sites for hydroxylation is 1. The van der Waals surface area contributed by atoms with Crippen molar-refractivity contribution in [3.05, 3.63) is 77.9 Å². The predicted molar refractivity (Wildman–Crippen MR) is 112 cm³/mol. The fourth-order valence-corrected chi connectivity index (χ4v) is 3.19. The average molecular weight is 393 g/mol. The van der Waals surface area contributed by atoms with Crippen LogP contribution in [0.25, 0.3) is 0 Å². The van der Waals surface area contributed by atoms with Crippen molar-refractivity contribution in [3.63, 3.8) is 0 Å². The van der Waals surface area contributed by atoms with Gasteiger partial charge in [-0.2, -0.15) is 0 Å². The normalized spacial score (nSPS) is 10.6. The molecule has 0 radical (unpaired) electrons. The van der Waals surface area contributed by atoms with Crippen molar-refractivity contribution in [2.45, 2.75) is 25.8 Å². The summed E-state index contributed by atoms with van der Waals surface area (Å²) in [5.74, 6) is 2.36. The number of hydrogen-bond donors (Lipinski definition) is 1. The number of imidazole rings is 1. The summed E-state index contributed by atoms with van der Waals surface area (Å²) in [5, 5.41) is 2.99.